The van der Waals surface area contributed by atoms with E-state index in [0.717, 1.165) is 22.2 Å². The number of ketones is 1. The lowest BCUT2D eigenvalue weighted by molar-refractivity contribution is -0.142. The van der Waals surface area contributed by atoms with E-state index in [1.165, 1.54) is 0 Å². The number of fused-ring (bicyclic) bond motifs is 3. The predicted octanol–water partition coefficient (Wildman–Crippen LogP) is 2.83. The molecular formula is C21H19N3O3. The van der Waals surface area contributed by atoms with Gasteiger partial charge >= 0.3 is 5.97 Å². The summed E-state index contributed by atoms with van der Waals surface area (Å²) in [6.07, 6.45) is 2.45. The van der Waals surface area contributed by atoms with Crippen LogP contribution in [-0.2, 0) is 22.4 Å². The molecular weight excluding hydrogens is 342 g/mol. The van der Waals surface area contributed by atoms with E-state index in [-0.39, 0.29) is 18.2 Å². The Balaban J connectivity index is 1.85. The van der Waals surface area contributed by atoms with Crippen LogP contribution < -0.4 is 0 Å². The van der Waals surface area contributed by atoms with Gasteiger partial charge in [0.2, 0.25) is 5.78 Å². The standard InChI is InChI=1S/C21H19N3O3/c1-2-27-19(25)13-15-14-7-3-4-9-17(14)24-18(15)10-12-23-21(24)20(26)16-8-5-6-11-22-16/h3-9,11H,2,10,12-13H2,1H3. The maximum atomic E-state index is 13.0. The van der Waals surface area contributed by atoms with Crippen LogP contribution in [0, 0.1) is 0 Å². The molecule has 1 aliphatic heterocycles. The van der Waals surface area contributed by atoms with Gasteiger partial charge in [-0.15, -0.1) is 0 Å². The molecule has 0 unspecified atom stereocenters. The normalized spacial score (nSPS) is 13.1. The molecule has 3 aromatic rings. The minimum atomic E-state index is -0.267. The topological polar surface area (TPSA) is 73.5 Å². The Morgan fingerprint density at radius 2 is 1.96 bits per heavy atom. The third-order valence-electron chi connectivity index (χ3n) is 4.64. The van der Waals surface area contributed by atoms with Crippen LogP contribution in [0.25, 0.3) is 10.9 Å². The number of Topliss-reactive ketones (excluding diaryl/α,β-unsaturated/α-hetero) is 1. The Morgan fingerprint density at radius 1 is 1.15 bits per heavy atom. The number of aromatic nitrogens is 2. The SMILES string of the molecule is CCOC(=O)Cc1c2n(c3ccccc13)C(C(=O)c1ccccn1)=NCC2. The van der Waals surface area contributed by atoms with Crippen LogP contribution in [0.15, 0.2) is 53.7 Å². The molecule has 1 aromatic carbocycles. The molecule has 0 radical (unpaired) electrons. The highest BCUT2D eigenvalue weighted by molar-refractivity contribution is 6.46. The summed E-state index contributed by atoms with van der Waals surface area (Å²) < 4.78 is 7.02. The Kier molecular flexibility index (Phi) is 4.54. The van der Waals surface area contributed by atoms with Crippen LogP contribution in [0.4, 0.5) is 0 Å². The highest BCUT2D eigenvalue weighted by Gasteiger charge is 2.28. The van der Waals surface area contributed by atoms with Crippen molar-refractivity contribution in [3.63, 3.8) is 0 Å². The number of para-hydroxylation sites is 1. The second-order valence-corrected chi connectivity index (χ2v) is 6.26. The number of esters is 1. The first-order valence-electron chi connectivity index (χ1n) is 8.98. The number of hydrogen-bond donors (Lipinski definition) is 0. The van der Waals surface area contributed by atoms with Crippen LogP contribution in [0.2, 0.25) is 0 Å². The summed E-state index contributed by atoms with van der Waals surface area (Å²) in [7, 11) is 0. The van der Waals surface area contributed by atoms with Gasteiger partial charge in [0.05, 0.1) is 18.5 Å². The summed E-state index contributed by atoms with van der Waals surface area (Å²) in [6, 6.07) is 13.0. The largest absolute Gasteiger partial charge is 0.466 e. The van der Waals surface area contributed by atoms with E-state index in [2.05, 4.69) is 9.98 Å². The van der Waals surface area contributed by atoms with Crippen molar-refractivity contribution in [2.45, 2.75) is 19.8 Å². The van der Waals surface area contributed by atoms with Crippen LogP contribution in [0.1, 0.15) is 28.7 Å². The van der Waals surface area contributed by atoms with Gasteiger partial charge in [0.15, 0.2) is 5.84 Å². The van der Waals surface area contributed by atoms with Crippen molar-refractivity contribution in [1.29, 1.82) is 0 Å². The summed E-state index contributed by atoms with van der Waals surface area (Å²) in [5.41, 5.74) is 3.08. The second-order valence-electron chi connectivity index (χ2n) is 6.26. The average molecular weight is 361 g/mol. The minimum Gasteiger partial charge on any atom is -0.466 e. The molecule has 6 nitrogen and oxygen atoms in total. The molecule has 2 aromatic heterocycles. The third kappa shape index (κ3) is 3.03. The molecule has 6 heteroatoms. The van der Waals surface area contributed by atoms with Crippen LogP contribution in [-0.4, -0.2) is 40.3 Å². The van der Waals surface area contributed by atoms with Gasteiger partial charge in [0.25, 0.3) is 0 Å². The summed E-state index contributed by atoms with van der Waals surface area (Å²) in [4.78, 5) is 33.8. The molecule has 136 valence electrons. The van der Waals surface area contributed by atoms with Gasteiger partial charge in [-0.2, -0.15) is 0 Å². The molecule has 0 bridgehead atoms. The molecule has 0 atom stereocenters. The number of rotatable bonds is 5. The summed E-state index contributed by atoms with van der Waals surface area (Å²) in [5.74, 6) is -0.141. The Morgan fingerprint density at radius 3 is 2.74 bits per heavy atom. The fourth-order valence-corrected chi connectivity index (χ4v) is 3.54. The molecule has 0 amide bonds. The fraction of sp³-hybridized carbons (Fsp3) is 0.238. The first-order valence-corrected chi connectivity index (χ1v) is 8.98. The average Bonchev–Trinajstić information content (AvgIpc) is 3.02. The zero-order chi connectivity index (χ0) is 18.8. The smallest absolute Gasteiger partial charge is 0.310 e. The number of pyridine rings is 1. The van der Waals surface area contributed by atoms with Gasteiger partial charge in [0.1, 0.15) is 5.69 Å². The monoisotopic (exact) mass is 361 g/mol. The number of benzene rings is 1. The molecule has 0 fully saturated rings. The molecule has 1 aliphatic rings. The first kappa shape index (κ1) is 17.1. The van der Waals surface area contributed by atoms with Crippen molar-refractivity contribution in [2.24, 2.45) is 4.99 Å². The van der Waals surface area contributed by atoms with Crippen molar-refractivity contribution in [3.8, 4) is 0 Å². The maximum Gasteiger partial charge on any atom is 0.310 e. The molecule has 4 rings (SSSR count). The Bertz CT molecular complexity index is 1050. The number of hydrogen-bond acceptors (Lipinski definition) is 5. The quantitative estimate of drug-likeness (QED) is 0.517. The van der Waals surface area contributed by atoms with Crippen molar-refractivity contribution < 1.29 is 14.3 Å². The maximum absolute atomic E-state index is 13.0. The van der Waals surface area contributed by atoms with E-state index < -0.39 is 0 Å². The number of carbonyl (C=O) groups is 2. The van der Waals surface area contributed by atoms with Gasteiger partial charge in [-0.05, 0) is 30.7 Å². The second kappa shape index (κ2) is 7.15. The van der Waals surface area contributed by atoms with Crippen molar-refractivity contribution in [2.75, 3.05) is 13.2 Å². The molecule has 0 saturated heterocycles. The molecule has 0 N–H and O–H groups in total. The van der Waals surface area contributed by atoms with Crippen molar-refractivity contribution >= 4 is 28.5 Å². The minimum absolute atomic E-state index is 0.182. The van der Waals surface area contributed by atoms with Gasteiger partial charge in [-0.25, -0.2) is 0 Å². The first-order chi connectivity index (χ1) is 13.2. The Hall–Kier alpha value is -3.28. The van der Waals surface area contributed by atoms with Gasteiger partial charge in [-0.3, -0.25) is 24.1 Å². The van der Waals surface area contributed by atoms with Gasteiger partial charge in [-0.1, -0.05) is 24.3 Å². The van der Waals surface area contributed by atoms with Crippen LogP contribution in [0.3, 0.4) is 0 Å². The summed E-state index contributed by atoms with van der Waals surface area (Å²) >= 11 is 0. The predicted molar refractivity (Wildman–Crippen MR) is 102 cm³/mol. The zero-order valence-corrected chi connectivity index (χ0v) is 15.0. The fourth-order valence-electron chi connectivity index (χ4n) is 3.54. The summed E-state index contributed by atoms with van der Waals surface area (Å²) in [6.45, 7) is 2.64. The van der Waals surface area contributed by atoms with E-state index in [1.807, 2.05) is 28.8 Å². The lowest BCUT2D eigenvalue weighted by Crippen LogP contribution is -2.29. The molecule has 0 spiro atoms. The molecule has 0 aliphatic carbocycles. The molecule has 3 heterocycles. The lowest BCUT2D eigenvalue weighted by atomic mass is 10.1. The van der Waals surface area contributed by atoms with E-state index in [9.17, 15) is 9.59 Å². The van der Waals surface area contributed by atoms with Crippen molar-refractivity contribution in [1.82, 2.24) is 9.55 Å². The third-order valence-corrected chi connectivity index (χ3v) is 4.64. The Labute approximate surface area is 156 Å². The molecule has 0 saturated carbocycles. The number of nitrogens with zero attached hydrogens (tertiary/aromatic N) is 3. The van der Waals surface area contributed by atoms with Crippen LogP contribution >= 0.6 is 0 Å². The highest BCUT2D eigenvalue weighted by atomic mass is 16.5. The van der Waals surface area contributed by atoms with E-state index in [1.54, 1.807) is 31.3 Å². The van der Waals surface area contributed by atoms with E-state index in [0.29, 0.717) is 31.1 Å². The number of carbonyl (C=O) groups excluding carboxylic acids is 2. The van der Waals surface area contributed by atoms with Gasteiger partial charge < -0.3 is 4.74 Å². The zero-order valence-electron chi connectivity index (χ0n) is 15.0. The summed E-state index contributed by atoms with van der Waals surface area (Å²) in [5, 5.41) is 0.948. The number of ether oxygens (including phenoxy) is 1. The highest BCUT2D eigenvalue weighted by Crippen LogP contribution is 2.30. The van der Waals surface area contributed by atoms with E-state index >= 15 is 0 Å². The molecule has 27 heavy (non-hydrogen) atoms. The van der Waals surface area contributed by atoms with Gasteiger partial charge in [0, 0.05) is 30.2 Å². The van der Waals surface area contributed by atoms with E-state index in [4.69, 9.17) is 4.74 Å². The van der Waals surface area contributed by atoms with Crippen molar-refractivity contribution in [3.05, 3.63) is 65.6 Å². The lowest BCUT2D eigenvalue weighted by Gasteiger charge is -2.17. The van der Waals surface area contributed by atoms with Crippen LogP contribution in [0.5, 0.6) is 0 Å². The number of aliphatic imine (C=N–C) groups is 1.